The van der Waals surface area contributed by atoms with Crippen molar-refractivity contribution in [3.05, 3.63) is 65.7 Å². The highest BCUT2D eigenvalue weighted by atomic mass is 16.5. The van der Waals surface area contributed by atoms with Gasteiger partial charge >= 0.3 is 0 Å². The van der Waals surface area contributed by atoms with Crippen LogP contribution in [0.15, 0.2) is 54.6 Å². The summed E-state index contributed by atoms with van der Waals surface area (Å²) in [6, 6.07) is 16.7. The lowest BCUT2D eigenvalue weighted by Gasteiger charge is -2.30. The molecular weight excluding hydrogens is 340 g/mol. The predicted molar refractivity (Wildman–Crippen MR) is 106 cm³/mol. The van der Waals surface area contributed by atoms with E-state index in [0.717, 1.165) is 11.1 Å². The number of nitrogens with one attached hydrogen (secondary N) is 1. The van der Waals surface area contributed by atoms with E-state index in [9.17, 15) is 9.59 Å². The second-order valence-electron chi connectivity index (χ2n) is 6.43. The number of hydrogen-bond donors (Lipinski definition) is 1. The van der Waals surface area contributed by atoms with Crippen LogP contribution in [0, 0.1) is 6.92 Å². The fraction of sp³-hybridized carbons (Fsp3) is 0.364. The van der Waals surface area contributed by atoms with E-state index in [1.54, 1.807) is 4.90 Å². The highest BCUT2D eigenvalue weighted by Crippen LogP contribution is 2.15. The van der Waals surface area contributed by atoms with E-state index in [2.05, 4.69) is 5.32 Å². The van der Waals surface area contributed by atoms with Crippen LogP contribution in [0.4, 0.5) is 0 Å². The molecule has 2 rings (SSSR count). The van der Waals surface area contributed by atoms with Crippen molar-refractivity contribution in [1.82, 2.24) is 10.2 Å². The van der Waals surface area contributed by atoms with Gasteiger partial charge in [0.25, 0.3) is 5.91 Å². The molecule has 0 aliphatic carbocycles. The van der Waals surface area contributed by atoms with Crippen LogP contribution in [0.3, 0.4) is 0 Å². The molecule has 0 aliphatic heterocycles. The number of hydrogen-bond acceptors (Lipinski definition) is 3. The molecule has 0 radical (unpaired) electrons. The van der Waals surface area contributed by atoms with E-state index < -0.39 is 6.04 Å². The standard InChI is InChI=1S/C22H28N2O3/c1-4-20(22(26)23-5-2)24(15-18-11-7-6-8-12-18)21(25)16-27-19-13-9-10-17(3)14-19/h6-14,20H,4-5,15-16H2,1-3H3,(H,23,26)/t20-/m1/s1. The van der Waals surface area contributed by atoms with Crippen molar-refractivity contribution in [1.29, 1.82) is 0 Å². The van der Waals surface area contributed by atoms with E-state index in [1.807, 2.05) is 75.4 Å². The summed E-state index contributed by atoms with van der Waals surface area (Å²) in [6.45, 7) is 6.54. The molecule has 0 aromatic heterocycles. The summed E-state index contributed by atoms with van der Waals surface area (Å²) in [6.07, 6.45) is 0.537. The third kappa shape index (κ3) is 6.13. The highest BCUT2D eigenvalue weighted by molar-refractivity contribution is 5.88. The van der Waals surface area contributed by atoms with E-state index >= 15 is 0 Å². The zero-order valence-electron chi connectivity index (χ0n) is 16.3. The molecule has 5 heteroatoms. The van der Waals surface area contributed by atoms with E-state index in [1.165, 1.54) is 0 Å². The second kappa shape index (κ2) is 10.4. The quantitative estimate of drug-likeness (QED) is 0.739. The summed E-state index contributed by atoms with van der Waals surface area (Å²) in [5, 5.41) is 2.83. The van der Waals surface area contributed by atoms with Crippen LogP contribution in [0.1, 0.15) is 31.4 Å². The van der Waals surface area contributed by atoms with Crippen molar-refractivity contribution >= 4 is 11.8 Å². The van der Waals surface area contributed by atoms with Crippen molar-refractivity contribution in [3.8, 4) is 5.75 Å². The van der Waals surface area contributed by atoms with E-state index in [4.69, 9.17) is 4.74 Å². The van der Waals surface area contributed by atoms with Gasteiger partial charge in [-0.25, -0.2) is 0 Å². The van der Waals surface area contributed by atoms with Crippen LogP contribution in [0.25, 0.3) is 0 Å². The van der Waals surface area contributed by atoms with Gasteiger partial charge < -0.3 is 15.0 Å². The second-order valence-corrected chi connectivity index (χ2v) is 6.43. The van der Waals surface area contributed by atoms with Crippen LogP contribution < -0.4 is 10.1 Å². The molecule has 2 aromatic carbocycles. The van der Waals surface area contributed by atoms with Crippen LogP contribution in [0.2, 0.25) is 0 Å². The van der Waals surface area contributed by atoms with Gasteiger partial charge in [0.15, 0.2) is 6.61 Å². The van der Waals surface area contributed by atoms with Gasteiger partial charge in [-0.3, -0.25) is 9.59 Å². The number of carbonyl (C=O) groups excluding carboxylic acids is 2. The Morgan fingerprint density at radius 3 is 2.44 bits per heavy atom. The van der Waals surface area contributed by atoms with Gasteiger partial charge in [-0.2, -0.15) is 0 Å². The van der Waals surface area contributed by atoms with Crippen molar-refractivity contribution in [3.63, 3.8) is 0 Å². The van der Waals surface area contributed by atoms with E-state index in [-0.39, 0.29) is 18.4 Å². The molecule has 2 aromatic rings. The van der Waals surface area contributed by atoms with Crippen LogP contribution in [-0.2, 0) is 16.1 Å². The molecule has 0 spiro atoms. The Morgan fingerprint density at radius 1 is 1.07 bits per heavy atom. The minimum Gasteiger partial charge on any atom is -0.484 e. The lowest BCUT2D eigenvalue weighted by atomic mass is 10.1. The Bertz CT molecular complexity index is 746. The lowest BCUT2D eigenvalue weighted by molar-refractivity contribution is -0.142. The van der Waals surface area contributed by atoms with Gasteiger partial charge in [0.1, 0.15) is 11.8 Å². The summed E-state index contributed by atoms with van der Waals surface area (Å²) in [7, 11) is 0. The zero-order valence-corrected chi connectivity index (χ0v) is 16.3. The Hall–Kier alpha value is -2.82. The molecule has 2 amide bonds. The van der Waals surface area contributed by atoms with Gasteiger partial charge in [0.05, 0.1) is 0 Å². The van der Waals surface area contributed by atoms with Gasteiger partial charge in [-0.15, -0.1) is 0 Å². The Balaban J connectivity index is 2.16. The molecule has 5 nitrogen and oxygen atoms in total. The fourth-order valence-corrected chi connectivity index (χ4v) is 2.92. The van der Waals surface area contributed by atoms with Crippen molar-refractivity contribution in [2.45, 2.75) is 39.8 Å². The fourth-order valence-electron chi connectivity index (χ4n) is 2.92. The molecule has 1 N–H and O–H groups in total. The number of likely N-dealkylation sites (N-methyl/N-ethyl adjacent to an activating group) is 1. The topological polar surface area (TPSA) is 58.6 Å². The van der Waals surface area contributed by atoms with Crippen LogP contribution >= 0.6 is 0 Å². The Kier molecular flexibility index (Phi) is 7.86. The van der Waals surface area contributed by atoms with Gasteiger partial charge in [-0.05, 0) is 43.5 Å². The van der Waals surface area contributed by atoms with Crippen molar-refractivity contribution < 1.29 is 14.3 Å². The first-order valence-electron chi connectivity index (χ1n) is 9.35. The third-order valence-electron chi connectivity index (χ3n) is 4.28. The van der Waals surface area contributed by atoms with E-state index in [0.29, 0.717) is 25.3 Å². The molecule has 144 valence electrons. The first-order chi connectivity index (χ1) is 13.0. The molecule has 27 heavy (non-hydrogen) atoms. The highest BCUT2D eigenvalue weighted by Gasteiger charge is 2.28. The minimum absolute atomic E-state index is 0.105. The summed E-state index contributed by atoms with van der Waals surface area (Å²) < 4.78 is 5.68. The average molecular weight is 368 g/mol. The average Bonchev–Trinajstić information content (AvgIpc) is 2.67. The number of aryl methyl sites for hydroxylation is 1. The van der Waals surface area contributed by atoms with Crippen molar-refractivity contribution in [2.75, 3.05) is 13.2 Å². The maximum absolute atomic E-state index is 12.9. The number of ether oxygens (including phenoxy) is 1. The number of benzene rings is 2. The lowest BCUT2D eigenvalue weighted by Crippen LogP contribution is -2.50. The molecule has 1 atom stereocenters. The van der Waals surface area contributed by atoms with Crippen LogP contribution in [-0.4, -0.2) is 35.9 Å². The van der Waals surface area contributed by atoms with Gasteiger partial charge in [-0.1, -0.05) is 49.4 Å². The smallest absolute Gasteiger partial charge is 0.261 e. The van der Waals surface area contributed by atoms with Crippen LogP contribution in [0.5, 0.6) is 5.75 Å². The normalized spacial score (nSPS) is 11.5. The molecular formula is C22H28N2O3. The molecule has 0 saturated carbocycles. The SMILES string of the molecule is CCNC(=O)[C@@H](CC)N(Cc1ccccc1)C(=O)COc1cccc(C)c1. The first kappa shape index (κ1) is 20.5. The van der Waals surface area contributed by atoms with Gasteiger partial charge in [0.2, 0.25) is 5.91 Å². The predicted octanol–water partition coefficient (Wildman–Crippen LogP) is 3.32. The molecule has 0 unspecified atom stereocenters. The summed E-state index contributed by atoms with van der Waals surface area (Å²) in [5.74, 6) is 0.298. The van der Waals surface area contributed by atoms with Crippen molar-refractivity contribution in [2.24, 2.45) is 0 Å². The summed E-state index contributed by atoms with van der Waals surface area (Å²) in [4.78, 5) is 27.0. The summed E-state index contributed by atoms with van der Waals surface area (Å²) in [5.41, 5.74) is 2.04. The monoisotopic (exact) mass is 368 g/mol. The molecule has 0 fully saturated rings. The molecule has 0 aliphatic rings. The minimum atomic E-state index is -0.529. The summed E-state index contributed by atoms with van der Waals surface area (Å²) >= 11 is 0. The first-order valence-corrected chi connectivity index (χ1v) is 9.35. The number of rotatable bonds is 9. The number of carbonyl (C=O) groups is 2. The Morgan fingerprint density at radius 2 is 1.81 bits per heavy atom. The largest absolute Gasteiger partial charge is 0.484 e. The maximum Gasteiger partial charge on any atom is 0.261 e. The number of amides is 2. The molecule has 0 bridgehead atoms. The maximum atomic E-state index is 12.9. The van der Waals surface area contributed by atoms with Gasteiger partial charge in [0, 0.05) is 13.1 Å². The Labute approximate surface area is 161 Å². The third-order valence-corrected chi connectivity index (χ3v) is 4.28. The zero-order chi connectivity index (χ0) is 19.6. The molecule has 0 saturated heterocycles. The molecule has 0 heterocycles. The number of nitrogens with zero attached hydrogens (tertiary/aromatic N) is 1.